The zero-order valence-electron chi connectivity index (χ0n) is 14.4. The topological polar surface area (TPSA) is 112 Å². The predicted octanol–water partition coefficient (Wildman–Crippen LogP) is 1.48. The first-order valence-corrected chi connectivity index (χ1v) is 7.43. The van der Waals surface area contributed by atoms with Crippen molar-refractivity contribution in [3.8, 4) is 0 Å². The molecule has 1 aromatic heterocycles. The number of hydrogen-bond acceptors (Lipinski definition) is 6. The SMILES string of the molecule is COC(=O)c1cccc(CN(CCC(N)=O)C(=O)OC(C)(C)C)n1. The highest BCUT2D eigenvalue weighted by atomic mass is 16.6. The van der Waals surface area contributed by atoms with Gasteiger partial charge >= 0.3 is 12.1 Å². The van der Waals surface area contributed by atoms with Crippen LogP contribution in [0, 0.1) is 0 Å². The summed E-state index contributed by atoms with van der Waals surface area (Å²) in [6.45, 7) is 5.40. The Hall–Kier alpha value is -2.64. The zero-order chi connectivity index (χ0) is 18.3. The summed E-state index contributed by atoms with van der Waals surface area (Å²) in [6.07, 6.45) is -0.593. The third kappa shape index (κ3) is 6.64. The average Bonchev–Trinajstić information content (AvgIpc) is 2.48. The highest BCUT2D eigenvalue weighted by Crippen LogP contribution is 2.13. The van der Waals surface area contributed by atoms with Crippen LogP contribution in [-0.2, 0) is 20.8 Å². The number of rotatable bonds is 6. The molecule has 2 N–H and O–H groups in total. The molecule has 8 nitrogen and oxygen atoms in total. The fourth-order valence-electron chi connectivity index (χ4n) is 1.79. The van der Waals surface area contributed by atoms with E-state index < -0.39 is 23.6 Å². The Labute approximate surface area is 140 Å². The number of carbonyl (C=O) groups excluding carboxylic acids is 3. The lowest BCUT2D eigenvalue weighted by atomic mass is 10.2. The highest BCUT2D eigenvalue weighted by molar-refractivity contribution is 5.87. The molecule has 0 aliphatic rings. The summed E-state index contributed by atoms with van der Waals surface area (Å²) in [5, 5.41) is 0. The summed E-state index contributed by atoms with van der Waals surface area (Å²) >= 11 is 0. The Balaban J connectivity index is 2.93. The van der Waals surface area contributed by atoms with Crippen LogP contribution < -0.4 is 5.73 Å². The van der Waals surface area contributed by atoms with E-state index in [2.05, 4.69) is 9.72 Å². The summed E-state index contributed by atoms with van der Waals surface area (Å²) < 4.78 is 9.94. The lowest BCUT2D eigenvalue weighted by Gasteiger charge is -2.27. The molecular weight excluding hydrogens is 314 g/mol. The maximum absolute atomic E-state index is 12.3. The number of nitrogens with zero attached hydrogens (tertiary/aromatic N) is 2. The van der Waals surface area contributed by atoms with Crippen molar-refractivity contribution in [3.05, 3.63) is 29.6 Å². The van der Waals surface area contributed by atoms with E-state index in [0.29, 0.717) is 5.69 Å². The number of ether oxygens (including phenoxy) is 2. The molecule has 1 heterocycles. The van der Waals surface area contributed by atoms with Crippen LogP contribution in [0.3, 0.4) is 0 Å². The lowest BCUT2D eigenvalue weighted by molar-refractivity contribution is -0.118. The molecule has 0 aliphatic carbocycles. The number of pyridine rings is 1. The second kappa shape index (κ2) is 8.28. The van der Waals surface area contributed by atoms with Gasteiger partial charge in [-0.2, -0.15) is 0 Å². The van der Waals surface area contributed by atoms with Crippen LogP contribution in [0.5, 0.6) is 0 Å². The van der Waals surface area contributed by atoms with Crippen molar-refractivity contribution in [1.82, 2.24) is 9.88 Å². The van der Waals surface area contributed by atoms with Crippen LogP contribution in [0.4, 0.5) is 4.79 Å². The molecule has 8 heteroatoms. The molecular formula is C16H23N3O5. The van der Waals surface area contributed by atoms with Gasteiger partial charge in [0.25, 0.3) is 0 Å². The molecule has 0 saturated heterocycles. The Morgan fingerprint density at radius 2 is 1.92 bits per heavy atom. The van der Waals surface area contributed by atoms with Gasteiger partial charge in [-0.15, -0.1) is 0 Å². The fraction of sp³-hybridized carbons (Fsp3) is 0.500. The summed E-state index contributed by atoms with van der Waals surface area (Å²) in [5.41, 5.74) is 5.07. The van der Waals surface area contributed by atoms with Crippen LogP contribution in [0.15, 0.2) is 18.2 Å². The fourth-order valence-corrected chi connectivity index (χ4v) is 1.79. The standard InChI is InChI=1S/C16H23N3O5/c1-16(2,3)24-15(22)19(9-8-13(17)20)10-11-6-5-7-12(18-11)14(21)23-4/h5-7H,8-10H2,1-4H3,(H2,17,20). The molecule has 132 valence electrons. The van der Waals surface area contributed by atoms with Crippen LogP contribution in [-0.4, -0.2) is 47.1 Å². The predicted molar refractivity (Wildman–Crippen MR) is 86.0 cm³/mol. The Kier molecular flexibility index (Phi) is 6.69. The molecule has 0 unspecified atom stereocenters. The van der Waals surface area contributed by atoms with E-state index >= 15 is 0 Å². The molecule has 0 atom stereocenters. The largest absolute Gasteiger partial charge is 0.464 e. The molecule has 0 aromatic carbocycles. The number of methoxy groups -OCH3 is 1. The van der Waals surface area contributed by atoms with Crippen molar-refractivity contribution >= 4 is 18.0 Å². The quantitative estimate of drug-likeness (QED) is 0.787. The lowest BCUT2D eigenvalue weighted by Crippen LogP contribution is -2.38. The van der Waals surface area contributed by atoms with Gasteiger partial charge in [-0.05, 0) is 32.9 Å². The number of esters is 1. The van der Waals surface area contributed by atoms with Gasteiger partial charge in [0.05, 0.1) is 19.3 Å². The number of primary amides is 1. The van der Waals surface area contributed by atoms with Crippen molar-refractivity contribution in [1.29, 1.82) is 0 Å². The van der Waals surface area contributed by atoms with Gasteiger partial charge < -0.3 is 20.1 Å². The third-order valence-electron chi connectivity index (χ3n) is 2.83. The second-order valence-corrected chi connectivity index (χ2v) is 6.12. The van der Waals surface area contributed by atoms with E-state index in [9.17, 15) is 14.4 Å². The summed E-state index contributed by atoms with van der Waals surface area (Å²) in [4.78, 5) is 40.3. The third-order valence-corrected chi connectivity index (χ3v) is 2.83. The Morgan fingerprint density at radius 3 is 2.46 bits per heavy atom. The van der Waals surface area contributed by atoms with Crippen LogP contribution >= 0.6 is 0 Å². The monoisotopic (exact) mass is 337 g/mol. The molecule has 2 amide bonds. The van der Waals surface area contributed by atoms with E-state index in [-0.39, 0.29) is 25.2 Å². The number of carbonyl (C=O) groups is 3. The number of aromatic nitrogens is 1. The number of amides is 2. The molecule has 0 radical (unpaired) electrons. The van der Waals surface area contributed by atoms with E-state index in [0.717, 1.165) is 0 Å². The van der Waals surface area contributed by atoms with Crippen molar-refractivity contribution in [2.75, 3.05) is 13.7 Å². The van der Waals surface area contributed by atoms with Gasteiger partial charge in [0, 0.05) is 13.0 Å². The summed E-state index contributed by atoms with van der Waals surface area (Å²) in [7, 11) is 1.26. The van der Waals surface area contributed by atoms with Crippen molar-refractivity contribution in [3.63, 3.8) is 0 Å². The molecule has 1 aromatic rings. The molecule has 0 bridgehead atoms. The minimum absolute atomic E-state index is 0.00403. The van der Waals surface area contributed by atoms with Crippen LogP contribution in [0.25, 0.3) is 0 Å². The van der Waals surface area contributed by atoms with Gasteiger partial charge in [-0.1, -0.05) is 6.07 Å². The van der Waals surface area contributed by atoms with Crippen molar-refractivity contribution in [2.24, 2.45) is 5.73 Å². The molecule has 1 rings (SSSR count). The zero-order valence-corrected chi connectivity index (χ0v) is 14.4. The van der Waals surface area contributed by atoms with Gasteiger partial charge in [0.15, 0.2) is 0 Å². The van der Waals surface area contributed by atoms with Crippen LogP contribution in [0.1, 0.15) is 43.4 Å². The second-order valence-electron chi connectivity index (χ2n) is 6.12. The first kappa shape index (κ1) is 19.4. The van der Waals surface area contributed by atoms with E-state index in [1.807, 2.05) is 0 Å². The van der Waals surface area contributed by atoms with Crippen LogP contribution in [0.2, 0.25) is 0 Å². The first-order valence-electron chi connectivity index (χ1n) is 7.43. The van der Waals surface area contributed by atoms with Gasteiger partial charge in [0.1, 0.15) is 11.3 Å². The minimum atomic E-state index is -0.677. The maximum atomic E-state index is 12.3. The van der Waals surface area contributed by atoms with Gasteiger partial charge in [0.2, 0.25) is 5.91 Å². The molecule has 0 fully saturated rings. The van der Waals surface area contributed by atoms with Crippen molar-refractivity contribution in [2.45, 2.75) is 39.3 Å². The summed E-state index contributed by atoms with van der Waals surface area (Å²) in [6, 6.07) is 4.81. The average molecular weight is 337 g/mol. The highest BCUT2D eigenvalue weighted by Gasteiger charge is 2.23. The minimum Gasteiger partial charge on any atom is -0.464 e. The maximum Gasteiger partial charge on any atom is 0.410 e. The molecule has 24 heavy (non-hydrogen) atoms. The van der Waals surface area contributed by atoms with Crippen molar-refractivity contribution < 1.29 is 23.9 Å². The Morgan fingerprint density at radius 1 is 1.25 bits per heavy atom. The Bertz CT molecular complexity index is 610. The number of hydrogen-bond donors (Lipinski definition) is 1. The molecule has 0 saturated carbocycles. The van der Waals surface area contributed by atoms with E-state index in [1.54, 1.807) is 32.9 Å². The molecule has 0 aliphatic heterocycles. The normalized spacial score (nSPS) is 10.8. The van der Waals surface area contributed by atoms with Gasteiger partial charge in [-0.3, -0.25) is 4.79 Å². The molecule has 0 spiro atoms. The first-order chi connectivity index (χ1) is 11.1. The summed E-state index contributed by atoms with van der Waals surface area (Å²) in [5.74, 6) is -1.10. The van der Waals surface area contributed by atoms with E-state index in [4.69, 9.17) is 10.5 Å². The number of nitrogens with two attached hydrogens (primary N) is 1. The smallest absolute Gasteiger partial charge is 0.410 e. The van der Waals surface area contributed by atoms with Gasteiger partial charge in [-0.25, -0.2) is 14.6 Å². The van der Waals surface area contributed by atoms with E-state index in [1.165, 1.54) is 18.1 Å².